The molecular weight excluding hydrogens is 372 g/mol. The number of amides is 1. The predicted octanol–water partition coefficient (Wildman–Crippen LogP) is 2.72. The van der Waals surface area contributed by atoms with Crippen LogP contribution in [0.4, 0.5) is 0 Å². The lowest BCUT2D eigenvalue weighted by Gasteiger charge is -2.20. The van der Waals surface area contributed by atoms with Crippen LogP contribution < -0.4 is 5.32 Å². The number of carbonyl (C=O) groups is 1. The second-order valence-electron chi connectivity index (χ2n) is 7.14. The van der Waals surface area contributed by atoms with E-state index in [-0.39, 0.29) is 11.8 Å². The van der Waals surface area contributed by atoms with Gasteiger partial charge >= 0.3 is 0 Å². The number of carbonyl (C=O) groups excluding carboxylic acids is 1. The summed E-state index contributed by atoms with van der Waals surface area (Å²) in [6.45, 7) is 5.26. The molecule has 7 nitrogen and oxygen atoms in total. The topological polar surface area (TPSA) is 85.6 Å². The van der Waals surface area contributed by atoms with Crippen LogP contribution in [0.1, 0.15) is 35.1 Å². The normalized spacial score (nSPS) is 16.0. The van der Waals surface area contributed by atoms with Crippen LogP contribution in [0.5, 0.6) is 0 Å². The Hall–Kier alpha value is -2.61. The first-order valence-corrected chi connectivity index (χ1v) is 10.5. The quantitative estimate of drug-likeness (QED) is 0.648. The maximum atomic E-state index is 12.6. The summed E-state index contributed by atoms with van der Waals surface area (Å²) in [7, 11) is 0. The minimum atomic E-state index is 0.00948. The van der Waals surface area contributed by atoms with Crippen molar-refractivity contribution in [2.75, 3.05) is 6.54 Å². The van der Waals surface area contributed by atoms with Crippen LogP contribution in [0.3, 0.4) is 0 Å². The molecule has 8 heteroatoms. The number of thiazole rings is 1. The largest absolute Gasteiger partial charge is 0.356 e. The Morgan fingerprint density at radius 1 is 1.29 bits per heavy atom. The van der Waals surface area contributed by atoms with Crippen molar-refractivity contribution in [1.82, 2.24) is 30.0 Å². The highest BCUT2D eigenvalue weighted by molar-refractivity contribution is 7.15. The Labute approximate surface area is 168 Å². The van der Waals surface area contributed by atoms with Crippen LogP contribution >= 0.6 is 11.3 Å². The number of hydrogen-bond acceptors (Lipinski definition) is 6. The fourth-order valence-corrected chi connectivity index (χ4v) is 4.69. The molecule has 4 rings (SSSR count). The highest BCUT2D eigenvalue weighted by Crippen LogP contribution is 2.34. The van der Waals surface area contributed by atoms with E-state index in [1.165, 1.54) is 4.88 Å². The summed E-state index contributed by atoms with van der Waals surface area (Å²) in [5.74, 6) is 1.84. The Morgan fingerprint density at radius 3 is 2.86 bits per heavy atom. The lowest BCUT2D eigenvalue weighted by atomic mass is 9.90. The summed E-state index contributed by atoms with van der Waals surface area (Å²) in [4.78, 5) is 27.1. The molecule has 0 fully saturated rings. The number of aryl methyl sites for hydroxylation is 4. The van der Waals surface area contributed by atoms with E-state index >= 15 is 0 Å². The van der Waals surface area contributed by atoms with Gasteiger partial charge in [-0.3, -0.25) is 14.5 Å². The number of fused-ring (bicyclic) bond motifs is 1. The molecule has 1 atom stereocenters. The zero-order valence-corrected chi connectivity index (χ0v) is 17.0. The van der Waals surface area contributed by atoms with E-state index in [9.17, 15) is 4.79 Å². The Morgan fingerprint density at radius 2 is 2.11 bits per heavy atom. The predicted molar refractivity (Wildman–Crippen MR) is 108 cm³/mol. The highest BCUT2D eigenvalue weighted by atomic mass is 32.1. The number of aromatic nitrogens is 5. The van der Waals surface area contributed by atoms with E-state index in [1.807, 2.05) is 30.7 Å². The van der Waals surface area contributed by atoms with E-state index < -0.39 is 0 Å². The van der Waals surface area contributed by atoms with E-state index in [2.05, 4.69) is 20.4 Å². The first-order valence-electron chi connectivity index (χ1n) is 9.65. The smallest absolute Gasteiger partial charge is 0.223 e. The van der Waals surface area contributed by atoms with Crippen molar-refractivity contribution in [2.45, 2.75) is 46.1 Å². The monoisotopic (exact) mass is 396 g/mol. The van der Waals surface area contributed by atoms with Crippen molar-refractivity contribution < 1.29 is 4.79 Å². The van der Waals surface area contributed by atoms with Crippen LogP contribution in [0.15, 0.2) is 24.5 Å². The summed E-state index contributed by atoms with van der Waals surface area (Å²) < 4.78 is 1.89. The van der Waals surface area contributed by atoms with Crippen molar-refractivity contribution in [3.8, 4) is 10.6 Å². The zero-order chi connectivity index (χ0) is 19.5. The van der Waals surface area contributed by atoms with Gasteiger partial charge in [-0.25, -0.2) is 9.97 Å². The summed E-state index contributed by atoms with van der Waals surface area (Å²) in [5.41, 5.74) is 2.17. The van der Waals surface area contributed by atoms with Gasteiger partial charge in [-0.2, -0.15) is 5.10 Å². The molecule has 1 N–H and O–H groups in total. The van der Waals surface area contributed by atoms with Crippen molar-refractivity contribution >= 4 is 17.2 Å². The zero-order valence-electron chi connectivity index (χ0n) is 16.2. The van der Waals surface area contributed by atoms with Gasteiger partial charge in [0.1, 0.15) is 16.7 Å². The average Bonchev–Trinajstić information content (AvgIpc) is 3.27. The Bertz CT molecular complexity index is 964. The second kappa shape index (κ2) is 8.18. The molecule has 146 valence electrons. The van der Waals surface area contributed by atoms with Gasteiger partial charge in [-0.05, 0) is 45.2 Å². The van der Waals surface area contributed by atoms with Crippen molar-refractivity contribution in [1.29, 1.82) is 0 Å². The minimum Gasteiger partial charge on any atom is -0.356 e. The van der Waals surface area contributed by atoms with E-state index in [1.54, 1.807) is 23.7 Å². The minimum absolute atomic E-state index is 0.00948. The van der Waals surface area contributed by atoms with Crippen LogP contribution in [0, 0.1) is 19.8 Å². The van der Waals surface area contributed by atoms with Crippen molar-refractivity contribution in [3.05, 3.63) is 46.7 Å². The summed E-state index contributed by atoms with van der Waals surface area (Å²) >= 11 is 1.74. The Kier molecular flexibility index (Phi) is 5.47. The first-order chi connectivity index (χ1) is 13.6. The standard InChI is InChI=1S/C20H24N6OS/c1-13-23-14(2)26(25-13)11-3-8-22-19(27)16-4-5-18-17(12-16)24-20(28-18)15-6-9-21-10-7-15/h6-7,9-10,16H,3-5,8,11-12H2,1-2H3,(H,22,27). The first kappa shape index (κ1) is 18.7. The molecule has 3 aromatic rings. The van der Waals surface area contributed by atoms with Crippen LogP contribution in [-0.4, -0.2) is 37.2 Å². The summed E-state index contributed by atoms with van der Waals surface area (Å²) in [6.07, 6.45) is 6.95. The molecule has 1 amide bonds. The third-order valence-corrected chi connectivity index (χ3v) is 6.25. The van der Waals surface area contributed by atoms with Gasteiger partial charge < -0.3 is 5.32 Å². The fraction of sp³-hybridized carbons (Fsp3) is 0.450. The van der Waals surface area contributed by atoms with E-state index in [0.29, 0.717) is 6.54 Å². The Balaban J connectivity index is 1.29. The van der Waals surface area contributed by atoms with E-state index in [4.69, 9.17) is 4.98 Å². The molecule has 1 aliphatic carbocycles. The van der Waals surface area contributed by atoms with Crippen LogP contribution in [0.25, 0.3) is 10.6 Å². The maximum absolute atomic E-state index is 12.6. The third-order valence-electron chi connectivity index (χ3n) is 5.04. The molecular formula is C20H24N6OS. The number of pyridine rings is 1. The molecule has 1 aliphatic rings. The maximum Gasteiger partial charge on any atom is 0.223 e. The third kappa shape index (κ3) is 4.11. The van der Waals surface area contributed by atoms with Gasteiger partial charge in [0.2, 0.25) is 5.91 Å². The number of nitrogens with one attached hydrogen (secondary N) is 1. The molecule has 1 unspecified atom stereocenters. The fourth-order valence-electron chi connectivity index (χ4n) is 3.58. The molecule has 3 heterocycles. The summed E-state index contributed by atoms with van der Waals surface area (Å²) in [5, 5.41) is 8.46. The van der Waals surface area contributed by atoms with Gasteiger partial charge in [0.25, 0.3) is 0 Å². The molecule has 0 bridgehead atoms. The second-order valence-corrected chi connectivity index (χ2v) is 8.22. The molecule has 3 aromatic heterocycles. The van der Waals surface area contributed by atoms with Gasteiger partial charge in [-0.15, -0.1) is 11.3 Å². The van der Waals surface area contributed by atoms with Crippen LogP contribution in [0.2, 0.25) is 0 Å². The van der Waals surface area contributed by atoms with Crippen LogP contribution in [-0.2, 0) is 24.2 Å². The van der Waals surface area contributed by atoms with Crippen molar-refractivity contribution in [2.24, 2.45) is 5.92 Å². The van der Waals surface area contributed by atoms with Gasteiger partial charge in [0.15, 0.2) is 0 Å². The lowest BCUT2D eigenvalue weighted by molar-refractivity contribution is -0.125. The number of hydrogen-bond donors (Lipinski definition) is 1. The number of nitrogens with zero attached hydrogens (tertiary/aromatic N) is 5. The average molecular weight is 397 g/mol. The van der Waals surface area contributed by atoms with E-state index in [0.717, 1.165) is 60.1 Å². The van der Waals surface area contributed by atoms with Gasteiger partial charge in [-0.1, -0.05) is 0 Å². The number of rotatable bonds is 6. The van der Waals surface area contributed by atoms with Crippen molar-refractivity contribution in [3.63, 3.8) is 0 Å². The van der Waals surface area contributed by atoms with Gasteiger partial charge in [0.05, 0.1) is 5.69 Å². The molecule has 0 spiro atoms. The lowest BCUT2D eigenvalue weighted by Crippen LogP contribution is -2.34. The molecule has 0 aliphatic heterocycles. The summed E-state index contributed by atoms with van der Waals surface area (Å²) in [6, 6.07) is 3.96. The molecule has 0 saturated heterocycles. The molecule has 0 saturated carbocycles. The molecule has 0 aromatic carbocycles. The van der Waals surface area contributed by atoms with Gasteiger partial charge in [0, 0.05) is 48.3 Å². The molecule has 0 radical (unpaired) electrons. The SMILES string of the molecule is Cc1nc(C)n(CCCNC(=O)C2CCc3sc(-c4ccncc4)nc3C2)n1. The highest BCUT2D eigenvalue weighted by Gasteiger charge is 2.27. The molecule has 28 heavy (non-hydrogen) atoms.